The highest BCUT2D eigenvalue weighted by Crippen LogP contribution is 2.27. The van der Waals surface area contributed by atoms with Crippen molar-refractivity contribution in [2.75, 3.05) is 12.0 Å². The van der Waals surface area contributed by atoms with Gasteiger partial charge in [-0.15, -0.1) is 11.3 Å². The molecule has 0 atom stereocenters. The third-order valence-electron chi connectivity index (χ3n) is 3.26. The van der Waals surface area contributed by atoms with Crippen LogP contribution in [0.1, 0.15) is 32.1 Å². The Balaban J connectivity index is 2.25. The van der Waals surface area contributed by atoms with Crippen molar-refractivity contribution in [3.05, 3.63) is 46.7 Å². The molecule has 1 heterocycles. The second-order valence-corrected chi connectivity index (χ2v) is 7.53. The fourth-order valence-corrected chi connectivity index (χ4v) is 2.89. The zero-order valence-corrected chi connectivity index (χ0v) is 14.4. The zero-order chi connectivity index (χ0) is 16.2. The van der Waals surface area contributed by atoms with Crippen molar-refractivity contribution < 1.29 is 9.53 Å². The van der Waals surface area contributed by atoms with Crippen LogP contribution in [-0.4, -0.2) is 13.0 Å². The fourth-order valence-electron chi connectivity index (χ4n) is 2.19. The number of hydrogen-bond donors (Lipinski definition) is 0. The zero-order valence-electron chi connectivity index (χ0n) is 13.6. The Kier molecular flexibility index (Phi) is 5.24. The molecule has 2 rings (SSSR count). The first-order chi connectivity index (χ1) is 10.4. The quantitative estimate of drug-likeness (QED) is 0.798. The predicted octanol–water partition coefficient (Wildman–Crippen LogP) is 4.73. The van der Waals surface area contributed by atoms with Crippen LogP contribution in [0.15, 0.2) is 41.8 Å². The van der Waals surface area contributed by atoms with E-state index in [0.29, 0.717) is 13.0 Å². The third-order valence-corrected chi connectivity index (χ3v) is 4.12. The molecular formula is C18H23NO2S. The number of hydrogen-bond acceptors (Lipinski definition) is 3. The normalized spacial score (nSPS) is 11.3. The van der Waals surface area contributed by atoms with E-state index in [-0.39, 0.29) is 11.3 Å². The molecule has 1 aromatic carbocycles. The molecule has 0 fully saturated rings. The molecule has 0 unspecified atom stereocenters. The molecule has 22 heavy (non-hydrogen) atoms. The molecule has 0 radical (unpaired) electrons. The van der Waals surface area contributed by atoms with Crippen molar-refractivity contribution in [1.29, 1.82) is 0 Å². The van der Waals surface area contributed by atoms with Gasteiger partial charge >= 0.3 is 0 Å². The summed E-state index contributed by atoms with van der Waals surface area (Å²) in [5.74, 6) is 0.939. The van der Waals surface area contributed by atoms with Crippen LogP contribution in [0.4, 0.5) is 5.69 Å². The Morgan fingerprint density at radius 3 is 2.36 bits per heavy atom. The van der Waals surface area contributed by atoms with Gasteiger partial charge in [-0.3, -0.25) is 4.79 Å². The Morgan fingerprint density at radius 2 is 1.86 bits per heavy atom. The first kappa shape index (κ1) is 16.6. The van der Waals surface area contributed by atoms with Gasteiger partial charge < -0.3 is 9.64 Å². The van der Waals surface area contributed by atoms with Gasteiger partial charge in [-0.05, 0) is 41.1 Å². The lowest BCUT2D eigenvalue weighted by molar-refractivity contribution is -0.120. The van der Waals surface area contributed by atoms with Gasteiger partial charge in [0.25, 0.3) is 0 Å². The molecular weight excluding hydrogens is 294 g/mol. The van der Waals surface area contributed by atoms with Gasteiger partial charge in [-0.25, -0.2) is 0 Å². The van der Waals surface area contributed by atoms with Gasteiger partial charge in [0.05, 0.1) is 13.7 Å². The molecule has 4 heteroatoms. The highest BCUT2D eigenvalue weighted by Gasteiger charge is 2.23. The second-order valence-electron chi connectivity index (χ2n) is 6.49. The maximum atomic E-state index is 12.7. The average molecular weight is 317 g/mol. The van der Waals surface area contributed by atoms with Crippen molar-refractivity contribution >= 4 is 22.9 Å². The summed E-state index contributed by atoms with van der Waals surface area (Å²) in [7, 11) is 1.64. The summed E-state index contributed by atoms with van der Waals surface area (Å²) in [6.07, 6.45) is 0.518. The lowest BCUT2D eigenvalue weighted by Crippen LogP contribution is -2.32. The Morgan fingerprint density at radius 1 is 1.18 bits per heavy atom. The molecule has 2 aromatic rings. The molecule has 0 N–H and O–H groups in total. The minimum atomic E-state index is -0.0305. The summed E-state index contributed by atoms with van der Waals surface area (Å²) >= 11 is 1.67. The highest BCUT2D eigenvalue weighted by molar-refractivity contribution is 7.09. The van der Waals surface area contributed by atoms with Crippen molar-refractivity contribution in [2.24, 2.45) is 5.41 Å². The molecule has 118 valence electrons. The second kappa shape index (κ2) is 6.97. The lowest BCUT2D eigenvalue weighted by atomic mass is 9.91. The van der Waals surface area contributed by atoms with Gasteiger partial charge in [0.1, 0.15) is 5.75 Å². The fraction of sp³-hybridized carbons (Fsp3) is 0.389. The summed E-state index contributed by atoms with van der Waals surface area (Å²) in [6.45, 7) is 6.87. The van der Waals surface area contributed by atoms with Gasteiger partial charge in [-0.1, -0.05) is 26.8 Å². The predicted molar refractivity (Wildman–Crippen MR) is 92.6 cm³/mol. The number of rotatable bonds is 5. The minimum Gasteiger partial charge on any atom is -0.497 e. The summed E-state index contributed by atoms with van der Waals surface area (Å²) in [5.41, 5.74) is 0.875. The monoisotopic (exact) mass is 317 g/mol. The number of carbonyl (C=O) groups is 1. The molecule has 1 aromatic heterocycles. The van der Waals surface area contributed by atoms with Crippen LogP contribution >= 0.6 is 11.3 Å². The number of amides is 1. The smallest absolute Gasteiger partial charge is 0.227 e. The molecule has 3 nitrogen and oxygen atoms in total. The van der Waals surface area contributed by atoms with E-state index in [1.165, 1.54) is 4.88 Å². The molecule has 0 spiro atoms. The van der Waals surface area contributed by atoms with Crippen LogP contribution in [-0.2, 0) is 11.3 Å². The van der Waals surface area contributed by atoms with E-state index < -0.39 is 0 Å². The Labute approximate surface area is 136 Å². The van der Waals surface area contributed by atoms with Gasteiger partial charge in [-0.2, -0.15) is 0 Å². The number of ether oxygens (including phenoxy) is 1. The summed E-state index contributed by atoms with van der Waals surface area (Å²) in [4.78, 5) is 15.8. The summed E-state index contributed by atoms with van der Waals surface area (Å²) < 4.78 is 5.19. The lowest BCUT2D eigenvalue weighted by Gasteiger charge is -2.26. The van der Waals surface area contributed by atoms with Crippen LogP contribution in [0.3, 0.4) is 0 Å². The van der Waals surface area contributed by atoms with Crippen LogP contribution in [0.2, 0.25) is 0 Å². The van der Waals surface area contributed by atoms with Crippen molar-refractivity contribution in [3.8, 4) is 5.75 Å². The maximum absolute atomic E-state index is 12.7. The molecule has 0 saturated carbocycles. The van der Waals surface area contributed by atoms with Crippen molar-refractivity contribution in [2.45, 2.75) is 33.7 Å². The first-order valence-corrected chi connectivity index (χ1v) is 8.24. The standard InChI is InChI=1S/C18H23NO2S/c1-18(2,3)12-17(20)19(13-16-6-5-11-22-16)14-7-9-15(21-4)10-8-14/h5-11H,12-13H2,1-4H3. The van der Waals surface area contributed by atoms with E-state index in [1.54, 1.807) is 18.4 Å². The first-order valence-electron chi connectivity index (χ1n) is 7.36. The maximum Gasteiger partial charge on any atom is 0.227 e. The van der Waals surface area contributed by atoms with Gasteiger partial charge in [0, 0.05) is 17.0 Å². The SMILES string of the molecule is COc1ccc(N(Cc2cccs2)C(=O)CC(C)(C)C)cc1. The van der Waals surface area contributed by atoms with E-state index >= 15 is 0 Å². The number of thiophene rings is 1. The highest BCUT2D eigenvalue weighted by atomic mass is 32.1. The number of anilines is 1. The largest absolute Gasteiger partial charge is 0.497 e. The number of benzene rings is 1. The van der Waals surface area contributed by atoms with E-state index in [9.17, 15) is 4.79 Å². The molecule has 0 aliphatic carbocycles. The topological polar surface area (TPSA) is 29.5 Å². The van der Waals surface area contributed by atoms with E-state index in [1.807, 2.05) is 40.6 Å². The summed E-state index contributed by atoms with van der Waals surface area (Å²) in [6, 6.07) is 11.7. The van der Waals surface area contributed by atoms with E-state index in [4.69, 9.17) is 4.74 Å². The van der Waals surface area contributed by atoms with E-state index in [2.05, 4.69) is 26.8 Å². The number of methoxy groups -OCH3 is 1. The van der Waals surface area contributed by atoms with Crippen LogP contribution in [0.25, 0.3) is 0 Å². The van der Waals surface area contributed by atoms with Crippen LogP contribution < -0.4 is 9.64 Å². The Hall–Kier alpha value is -1.81. The third kappa shape index (κ3) is 4.60. The number of nitrogens with zero attached hydrogens (tertiary/aromatic N) is 1. The van der Waals surface area contributed by atoms with Gasteiger partial charge in [0.15, 0.2) is 0 Å². The molecule has 1 amide bonds. The minimum absolute atomic E-state index is 0.0305. The molecule has 0 aliphatic heterocycles. The van der Waals surface area contributed by atoms with Crippen molar-refractivity contribution in [3.63, 3.8) is 0 Å². The molecule has 0 saturated heterocycles. The summed E-state index contributed by atoms with van der Waals surface area (Å²) in [5, 5.41) is 2.04. The van der Waals surface area contributed by atoms with Crippen LogP contribution in [0.5, 0.6) is 5.75 Å². The average Bonchev–Trinajstić information content (AvgIpc) is 2.96. The van der Waals surface area contributed by atoms with Gasteiger partial charge in [0.2, 0.25) is 5.91 Å². The van der Waals surface area contributed by atoms with E-state index in [0.717, 1.165) is 11.4 Å². The van der Waals surface area contributed by atoms with Crippen LogP contribution in [0, 0.1) is 5.41 Å². The van der Waals surface area contributed by atoms with Crippen molar-refractivity contribution in [1.82, 2.24) is 0 Å². The Bertz CT molecular complexity index is 597. The number of carbonyl (C=O) groups excluding carboxylic acids is 1. The molecule has 0 aliphatic rings. The molecule has 0 bridgehead atoms.